The fourth-order valence-corrected chi connectivity index (χ4v) is 2.66. The highest BCUT2D eigenvalue weighted by Gasteiger charge is 2.15. The van der Waals surface area contributed by atoms with Crippen LogP contribution in [0.2, 0.25) is 10.0 Å². The van der Waals surface area contributed by atoms with Gasteiger partial charge in [-0.3, -0.25) is 10.1 Å². The number of furan rings is 1. The summed E-state index contributed by atoms with van der Waals surface area (Å²) in [6, 6.07) is 16.8. The second kappa shape index (κ2) is 7.44. The molecule has 0 aliphatic rings. The predicted octanol–water partition coefficient (Wildman–Crippen LogP) is 6.23. The van der Waals surface area contributed by atoms with Crippen molar-refractivity contribution in [3.8, 4) is 17.4 Å². The number of nitro benzene ring substituents is 1. The molecule has 1 heterocycles. The zero-order valence-corrected chi connectivity index (χ0v) is 14.7. The third-order valence-electron chi connectivity index (χ3n) is 3.62. The zero-order valence-electron chi connectivity index (χ0n) is 13.1. The number of benzene rings is 2. The van der Waals surface area contributed by atoms with E-state index < -0.39 is 4.92 Å². The Balaban J connectivity index is 1.95. The topological polar surface area (TPSA) is 80.1 Å². The first-order valence-corrected chi connectivity index (χ1v) is 8.15. The molecule has 1 aromatic heterocycles. The number of halogens is 2. The van der Waals surface area contributed by atoms with Crippen molar-refractivity contribution in [2.45, 2.75) is 0 Å². The molecule has 0 aliphatic heterocycles. The van der Waals surface area contributed by atoms with Crippen molar-refractivity contribution in [1.29, 1.82) is 5.26 Å². The van der Waals surface area contributed by atoms with E-state index in [0.29, 0.717) is 33.2 Å². The Labute approximate surface area is 158 Å². The Kier molecular flexibility index (Phi) is 5.08. The molecule has 26 heavy (non-hydrogen) atoms. The van der Waals surface area contributed by atoms with Gasteiger partial charge in [0.25, 0.3) is 5.69 Å². The number of hydrogen-bond acceptors (Lipinski definition) is 4. The Bertz CT molecular complexity index is 1050. The van der Waals surface area contributed by atoms with Crippen LogP contribution in [-0.4, -0.2) is 4.92 Å². The number of hydrogen-bond donors (Lipinski definition) is 0. The van der Waals surface area contributed by atoms with Crippen LogP contribution in [0.5, 0.6) is 0 Å². The van der Waals surface area contributed by atoms with Gasteiger partial charge in [0.15, 0.2) is 0 Å². The Morgan fingerprint density at radius 1 is 1.12 bits per heavy atom. The minimum absolute atomic E-state index is 0.0555. The smallest absolute Gasteiger partial charge is 0.288 e. The summed E-state index contributed by atoms with van der Waals surface area (Å²) in [6.45, 7) is 0. The van der Waals surface area contributed by atoms with Gasteiger partial charge < -0.3 is 4.42 Å². The first-order valence-electron chi connectivity index (χ1n) is 7.40. The molecule has 7 heteroatoms. The SMILES string of the molecule is N#C/C(=C/c1ccc(-c2ccc(Cl)c([N+](=O)[O-])c2)o1)c1ccc(Cl)cc1. The fourth-order valence-electron chi connectivity index (χ4n) is 2.34. The third kappa shape index (κ3) is 3.77. The summed E-state index contributed by atoms with van der Waals surface area (Å²) in [7, 11) is 0. The summed E-state index contributed by atoms with van der Waals surface area (Å²) in [4.78, 5) is 10.5. The van der Waals surface area contributed by atoms with E-state index in [0.717, 1.165) is 0 Å². The van der Waals surface area contributed by atoms with Crippen LogP contribution in [0.1, 0.15) is 11.3 Å². The van der Waals surface area contributed by atoms with Crippen molar-refractivity contribution in [3.63, 3.8) is 0 Å². The lowest BCUT2D eigenvalue weighted by atomic mass is 10.1. The van der Waals surface area contributed by atoms with Gasteiger partial charge in [-0.05, 0) is 48.0 Å². The molecular weight excluding hydrogens is 375 g/mol. The van der Waals surface area contributed by atoms with Crippen LogP contribution in [0, 0.1) is 21.4 Å². The first kappa shape index (κ1) is 17.7. The normalized spacial score (nSPS) is 11.2. The minimum atomic E-state index is -0.552. The molecule has 2 aromatic carbocycles. The molecule has 0 amide bonds. The van der Waals surface area contributed by atoms with Crippen molar-refractivity contribution in [1.82, 2.24) is 0 Å². The first-order chi connectivity index (χ1) is 12.5. The van der Waals surface area contributed by atoms with Gasteiger partial charge in [-0.15, -0.1) is 0 Å². The van der Waals surface area contributed by atoms with Crippen molar-refractivity contribution in [2.75, 3.05) is 0 Å². The van der Waals surface area contributed by atoms with Crippen LogP contribution >= 0.6 is 23.2 Å². The molecule has 0 N–H and O–H groups in total. The van der Waals surface area contributed by atoms with Crippen molar-refractivity contribution >= 4 is 40.5 Å². The highest BCUT2D eigenvalue weighted by Crippen LogP contribution is 2.32. The Hall–Kier alpha value is -3.07. The molecule has 0 spiro atoms. The van der Waals surface area contributed by atoms with Gasteiger partial charge in [-0.25, -0.2) is 0 Å². The Morgan fingerprint density at radius 3 is 2.50 bits per heavy atom. The summed E-state index contributed by atoms with van der Waals surface area (Å²) < 4.78 is 5.70. The second-order valence-electron chi connectivity index (χ2n) is 5.30. The standard InChI is InChI=1S/C19H10Cl2N2O3/c20-15-4-1-12(2-5-15)14(11-22)9-16-6-8-19(26-16)13-3-7-17(21)18(10-13)23(24)25/h1-10H/b14-9-. The molecule has 0 saturated heterocycles. The van der Waals surface area contributed by atoms with Gasteiger partial charge in [0, 0.05) is 16.7 Å². The molecule has 5 nitrogen and oxygen atoms in total. The van der Waals surface area contributed by atoms with Crippen LogP contribution in [0.15, 0.2) is 59.0 Å². The number of nitro groups is 1. The van der Waals surface area contributed by atoms with E-state index in [2.05, 4.69) is 6.07 Å². The molecule has 0 radical (unpaired) electrons. The summed E-state index contributed by atoms with van der Waals surface area (Å²) in [5, 5.41) is 21.0. The average Bonchev–Trinajstić information content (AvgIpc) is 3.09. The number of rotatable bonds is 4. The van der Waals surface area contributed by atoms with Crippen LogP contribution in [-0.2, 0) is 0 Å². The molecule has 0 bridgehead atoms. The zero-order chi connectivity index (χ0) is 18.7. The molecule has 3 aromatic rings. The lowest BCUT2D eigenvalue weighted by molar-refractivity contribution is -0.384. The predicted molar refractivity (Wildman–Crippen MR) is 101 cm³/mol. The van der Waals surface area contributed by atoms with Gasteiger partial charge in [0.1, 0.15) is 16.5 Å². The van der Waals surface area contributed by atoms with E-state index in [-0.39, 0.29) is 10.7 Å². The maximum Gasteiger partial charge on any atom is 0.288 e. The van der Waals surface area contributed by atoms with Crippen LogP contribution in [0.4, 0.5) is 5.69 Å². The lowest BCUT2D eigenvalue weighted by Crippen LogP contribution is -1.89. The van der Waals surface area contributed by atoms with Crippen LogP contribution in [0.3, 0.4) is 0 Å². The molecule has 0 atom stereocenters. The molecule has 0 unspecified atom stereocenters. The summed E-state index contributed by atoms with van der Waals surface area (Å²) in [6.07, 6.45) is 1.59. The van der Waals surface area contributed by atoms with Crippen LogP contribution < -0.4 is 0 Å². The van der Waals surface area contributed by atoms with E-state index in [9.17, 15) is 15.4 Å². The number of nitrogens with zero attached hydrogens (tertiary/aromatic N) is 2. The molecule has 0 aliphatic carbocycles. The summed E-state index contributed by atoms with van der Waals surface area (Å²) in [5.74, 6) is 0.883. The second-order valence-corrected chi connectivity index (χ2v) is 6.15. The molecule has 128 valence electrons. The van der Waals surface area contributed by atoms with Crippen LogP contribution in [0.25, 0.3) is 23.0 Å². The van der Waals surface area contributed by atoms with E-state index in [4.69, 9.17) is 27.6 Å². The van der Waals surface area contributed by atoms with E-state index in [1.807, 2.05) is 0 Å². The average molecular weight is 385 g/mol. The maximum absolute atomic E-state index is 11.0. The summed E-state index contributed by atoms with van der Waals surface area (Å²) in [5.41, 5.74) is 1.43. The van der Waals surface area contributed by atoms with Gasteiger partial charge in [0.05, 0.1) is 16.6 Å². The fraction of sp³-hybridized carbons (Fsp3) is 0. The van der Waals surface area contributed by atoms with Gasteiger partial charge in [-0.1, -0.05) is 35.3 Å². The number of allylic oxidation sites excluding steroid dienone is 1. The van der Waals surface area contributed by atoms with Crippen molar-refractivity contribution in [3.05, 3.63) is 86.1 Å². The highest BCUT2D eigenvalue weighted by molar-refractivity contribution is 6.32. The lowest BCUT2D eigenvalue weighted by Gasteiger charge is -2.00. The van der Waals surface area contributed by atoms with Gasteiger partial charge in [0.2, 0.25) is 0 Å². The molecule has 3 rings (SSSR count). The third-order valence-corrected chi connectivity index (χ3v) is 4.19. The number of nitriles is 1. The van der Waals surface area contributed by atoms with Gasteiger partial charge in [-0.2, -0.15) is 5.26 Å². The maximum atomic E-state index is 11.0. The van der Waals surface area contributed by atoms with Crippen molar-refractivity contribution < 1.29 is 9.34 Å². The van der Waals surface area contributed by atoms with Gasteiger partial charge >= 0.3 is 0 Å². The van der Waals surface area contributed by atoms with E-state index >= 15 is 0 Å². The van der Waals surface area contributed by atoms with Crippen molar-refractivity contribution in [2.24, 2.45) is 0 Å². The molecule has 0 saturated carbocycles. The largest absolute Gasteiger partial charge is 0.457 e. The quantitative estimate of drug-likeness (QED) is 0.303. The van der Waals surface area contributed by atoms with E-state index in [1.165, 1.54) is 12.1 Å². The Morgan fingerprint density at radius 2 is 1.85 bits per heavy atom. The molecular formula is C19H10Cl2N2O3. The minimum Gasteiger partial charge on any atom is -0.457 e. The monoisotopic (exact) mass is 384 g/mol. The summed E-state index contributed by atoms with van der Waals surface area (Å²) >= 11 is 11.7. The highest BCUT2D eigenvalue weighted by atomic mass is 35.5. The van der Waals surface area contributed by atoms with E-state index in [1.54, 1.807) is 48.5 Å². The molecule has 0 fully saturated rings.